The van der Waals surface area contributed by atoms with E-state index in [-0.39, 0.29) is 23.8 Å². The van der Waals surface area contributed by atoms with E-state index < -0.39 is 11.6 Å². The summed E-state index contributed by atoms with van der Waals surface area (Å²) in [5, 5.41) is 3.10. The van der Waals surface area contributed by atoms with Gasteiger partial charge >= 0.3 is 0 Å². The number of hydrogen-bond acceptors (Lipinski definition) is 2. The highest BCUT2D eigenvalue weighted by molar-refractivity contribution is 5.83. The monoisotopic (exact) mass is 308 g/mol. The van der Waals surface area contributed by atoms with E-state index in [0.29, 0.717) is 24.4 Å². The molecule has 4 atom stereocenters. The van der Waals surface area contributed by atoms with Gasteiger partial charge in [0.1, 0.15) is 11.6 Å². The lowest BCUT2D eigenvalue weighted by Gasteiger charge is -2.31. The fraction of sp³-hybridized carbons (Fsp3) is 0.588. The summed E-state index contributed by atoms with van der Waals surface area (Å²) in [7, 11) is 0. The van der Waals surface area contributed by atoms with Crippen molar-refractivity contribution in [1.29, 1.82) is 0 Å². The quantitative estimate of drug-likeness (QED) is 0.898. The van der Waals surface area contributed by atoms with Crippen molar-refractivity contribution in [1.82, 2.24) is 5.32 Å². The molecule has 120 valence electrons. The minimum absolute atomic E-state index is 0.0147. The third kappa shape index (κ3) is 3.14. The molecule has 3 N–H and O–H groups in total. The standard InChI is InChI=1S/C17H22F2N2O/c18-11-5-6-12(15(19)7-11)13-8-14(13)17(22)21-16-4-2-1-3-10(16)9-20/h5-7,10,13-14,16H,1-4,8-9,20H2,(H,21,22). The zero-order valence-electron chi connectivity index (χ0n) is 12.5. The van der Waals surface area contributed by atoms with Gasteiger partial charge in [-0.3, -0.25) is 4.79 Å². The molecule has 2 aliphatic carbocycles. The zero-order valence-corrected chi connectivity index (χ0v) is 12.5. The molecular weight excluding hydrogens is 286 g/mol. The van der Waals surface area contributed by atoms with Gasteiger partial charge in [0.2, 0.25) is 5.91 Å². The van der Waals surface area contributed by atoms with Crippen molar-refractivity contribution in [3.8, 4) is 0 Å². The van der Waals surface area contributed by atoms with Crippen LogP contribution in [-0.2, 0) is 4.79 Å². The van der Waals surface area contributed by atoms with Gasteiger partial charge in [0.15, 0.2) is 0 Å². The maximum atomic E-state index is 13.8. The third-order valence-electron chi connectivity index (χ3n) is 5.03. The van der Waals surface area contributed by atoms with E-state index in [1.165, 1.54) is 18.6 Å². The Labute approximate surface area is 129 Å². The minimum atomic E-state index is -0.587. The summed E-state index contributed by atoms with van der Waals surface area (Å²) < 4.78 is 26.7. The van der Waals surface area contributed by atoms with E-state index in [9.17, 15) is 13.6 Å². The Morgan fingerprint density at radius 2 is 2.05 bits per heavy atom. The highest BCUT2D eigenvalue weighted by Crippen LogP contribution is 2.48. The van der Waals surface area contributed by atoms with E-state index in [1.54, 1.807) is 0 Å². The van der Waals surface area contributed by atoms with Crippen LogP contribution in [0.2, 0.25) is 0 Å². The number of halogens is 2. The van der Waals surface area contributed by atoms with Crippen LogP contribution in [0.25, 0.3) is 0 Å². The molecule has 3 rings (SSSR count). The van der Waals surface area contributed by atoms with Crippen LogP contribution in [0.15, 0.2) is 18.2 Å². The molecule has 2 fully saturated rings. The van der Waals surface area contributed by atoms with E-state index in [1.807, 2.05) is 0 Å². The van der Waals surface area contributed by atoms with Crippen LogP contribution in [0.4, 0.5) is 8.78 Å². The second-order valence-corrected chi connectivity index (χ2v) is 6.51. The summed E-state index contributed by atoms with van der Waals surface area (Å²) >= 11 is 0. The smallest absolute Gasteiger partial charge is 0.223 e. The molecular formula is C17H22F2N2O. The number of benzene rings is 1. The number of nitrogens with one attached hydrogen (secondary N) is 1. The van der Waals surface area contributed by atoms with Gasteiger partial charge in [-0.05, 0) is 49.3 Å². The lowest BCUT2D eigenvalue weighted by atomic mass is 9.84. The van der Waals surface area contributed by atoms with E-state index >= 15 is 0 Å². The van der Waals surface area contributed by atoms with E-state index in [2.05, 4.69) is 5.32 Å². The van der Waals surface area contributed by atoms with Crippen LogP contribution in [0.5, 0.6) is 0 Å². The third-order valence-corrected chi connectivity index (χ3v) is 5.03. The summed E-state index contributed by atoms with van der Waals surface area (Å²) in [4.78, 5) is 12.3. The molecule has 5 heteroatoms. The first-order valence-electron chi connectivity index (χ1n) is 8.05. The minimum Gasteiger partial charge on any atom is -0.353 e. The van der Waals surface area contributed by atoms with E-state index in [0.717, 1.165) is 25.3 Å². The molecule has 0 spiro atoms. The average molecular weight is 308 g/mol. The number of hydrogen-bond donors (Lipinski definition) is 2. The first-order chi connectivity index (χ1) is 10.6. The molecule has 0 radical (unpaired) electrons. The van der Waals surface area contributed by atoms with Gasteiger partial charge < -0.3 is 11.1 Å². The van der Waals surface area contributed by atoms with Crippen molar-refractivity contribution in [3.63, 3.8) is 0 Å². The molecule has 22 heavy (non-hydrogen) atoms. The molecule has 1 aromatic rings. The summed E-state index contributed by atoms with van der Waals surface area (Å²) in [6.07, 6.45) is 4.94. The van der Waals surface area contributed by atoms with Gasteiger partial charge in [0.25, 0.3) is 0 Å². The number of nitrogens with two attached hydrogens (primary N) is 1. The Balaban J connectivity index is 1.60. The number of amides is 1. The van der Waals surface area contributed by atoms with Crippen LogP contribution < -0.4 is 11.1 Å². The molecule has 1 amide bonds. The SMILES string of the molecule is NCC1CCCCC1NC(=O)C1CC1c1ccc(F)cc1F. The predicted molar refractivity (Wildman–Crippen MR) is 80.1 cm³/mol. The van der Waals surface area contributed by atoms with Crippen LogP contribution >= 0.6 is 0 Å². The van der Waals surface area contributed by atoms with Crippen LogP contribution in [0, 0.1) is 23.5 Å². The Morgan fingerprint density at radius 3 is 2.77 bits per heavy atom. The first kappa shape index (κ1) is 15.4. The second kappa shape index (κ2) is 6.32. The number of carbonyl (C=O) groups excluding carboxylic acids is 1. The highest BCUT2D eigenvalue weighted by Gasteiger charge is 2.46. The summed E-state index contributed by atoms with van der Waals surface area (Å²) in [5.74, 6) is -1.13. The molecule has 0 saturated heterocycles. The van der Waals surface area contributed by atoms with Gasteiger partial charge in [-0.15, -0.1) is 0 Å². The first-order valence-corrected chi connectivity index (χ1v) is 8.05. The van der Waals surface area contributed by atoms with Crippen molar-refractivity contribution >= 4 is 5.91 Å². The van der Waals surface area contributed by atoms with Crippen LogP contribution in [0.1, 0.15) is 43.6 Å². The van der Waals surface area contributed by atoms with Crippen LogP contribution in [-0.4, -0.2) is 18.5 Å². The Kier molecular flexibility index (Phi) is 4.43. The maximum absolute atomic E-state index is 13.8. The Bertz CT molecular complexity index is 564. The van der Waals surface area contributed by atoms with Crippen molar-refractivity contribution in [2.24, 2.45) is 17.6 Å². The zero-order chi connectivity index (χ0) is 15.7. The largest absolute Gasteiger partial charge is 0.353 e. The summed E-state index contributed by atoms with van der Waals surface area (Å²) in [6, 6.07) is 3.72. The van der Waals surface area contributed by atoms with Crippen LogP contribution in [0.3, 0.4) is 0 Å². The normalized spacial score (nSPS) is 30.9. The van der Waals surface area contributed by atoms with Crippen molar-refractivity contribution in [3.05, 3.63) is 35.4 Å². The van der Waals surface area contributed by atoms with Gasteiger partial charge in [-0.1, -0.05) is 18.9 Å². The average Bonchev–Trinajstić information content (AvgIpc) is 3.28. The Morgan fingerprint density at radius 1 is 1.27 bits per heavy atom. The van der Waals surface area contributed by atoms with Gasteiger partial charge in [0.05, 0.1) is 0 Å². The molecule has 1 aromatic carbocycles. The number of carbonyl (C=O) groups is 1. The number of rotatable bonds is 4. The molecule has 3 nitrogen and oxygen atoms in total. The van der Waals surface area contributed by atoms with Crippen molar-refractivity contribution in [2.45, 2.75) is 44.1 Å². The predicted octanol–water partition coefficient (Wildman–Crippen LogP) is 2.70. The lowest BCUT2D eigenvalue weighted by molar-refractivity contribution is -0.123. The molecule has 0 aliphatic heterocycles. The summed E-state index contributed by atoms with van der Waals surface area (Å²) in [5.41, 5.74) is 6.22. The molecule has 2 saturated carbocycles. The van der Waals surface area contributed by atoms with Gasteiger partial charge in [-0.25, -0.2) is 8.78 Å². The van der Waals surface area contributed by atoms with Crippen molar-refractivity contribution in [2.75, 3.05) is 6.54 Å². The van der Waals surface area contributed by atoms with Crippen molar-refractivity contribution < 1.29 is 13.6 Å². The fourth-order valence-corrected chi connectivity index (χ4v) is 3.60. The topological polar surface area (TPSA) is 55.1 Å². The Hall–Kier alpha value is -1.49. The fourth-order valence-electron chi connectivity index (χ4n) is 3.60. The highest BCUT2D eigenvalue weighted by atomic mass is 19.1. The van der Waals surface area contributed by atoms with E-state index in [4.69, 9.17) is 5.73 Å². The van der Waals surface area contributed by atoms with Gasteiger partial charge in [0, 0.05) is 18.0 Å². The second-order valence-electron chi connectivity index (χ2n) is 6.51. The molecule has 0 bridgehead atoms. The molecule has 0 aromatic heterocycles. The molecule has 0 heterocycles. The maximum Gasteiger partial charge on any atom is 0.223 e. The summed E-state index contributed by atoms with van der Waals surface area (Å²) in [6.45, 7) is 0.589. The lowest BCUT2D eigenvalue weighted by Crippen LogP contribution is -2.45. The molecule has 4 unspecified atom stereocenters. The van der Waals surface area contributed by atoms with Gasteiger partial charge in [-0.2, -0.15) is 0 Å². The molecule has 2 aliphatic rings.